The number of nitrogens with zero attached hydrogens (tertiary/aromatic N) is 1. The second kappa shape index (κ2) is 8.97. The van der Waals surface area contributed by atoms with Gasteiger partial charge in [-0.1, -0.05) is 48.0 Å². The van der Waals surface area contributed by atoms with Crippen LogP contribution in [-0.4, -0.2) is 27.8 Å². The van der Waals surface area contributed by atoms with Crippen molar-refractivity contribution in [1.29, 1.82) is 0 Å². The molecule has 0 spiro atoms. The highest BCUT2D eigenvalue weighted by Gasteiger charge is 2.23. The van der Waals surface area contributed by atoms with E-state index in [0.717, 1.165) is 10.9 Å². The predicted octanol–water partition coefficient (Wildman–Crippen LogP) is 4.34. The second-order valence-electron chi connectivity index (χ2n) is 6.99. The van der Waals surface area contributed by atoms with E-state index in [0.29, 0.717) is 16.4 Å². The first kappa shape index (κ1) is 20.6. The Balaban J connectivity index is 1.56. The molecule has 4 aromatic rings. The van der Waals surface area contributed by atoms with Crippen LogP contribution in [-0.2, 0) is 11.2 Å². The van der Waals surface area contributed by atoms with Crippen molar-refractivity contribution in [2.24, 2.45) is 0 Å². The van der Waals surface area contributed by atoms with E-state index >= 15 is 0 Å². The van der Waals surface area contributed by atoms with Crippen LogP contribution in [0.3, 0.4) is 0 Å². The van der Waals surface area contributed by atoms with Crippen LogP contribution in [0.25, 0.3) is 10.9 Å². The maximum absolute atomic E-state index is 13.5. The molecule has 0 aliphatic heterocycles. The van der Waals surface area contributed by atoms with Gasteiger partial charge in [-0.3, -0.25) is 9.59 Å². The summed E-state index contributed by atoms with van der Waals surface area (Å²) in [6.07, 6.45) is 1.80. The third kappa shape index (κ3) is 5.07. The number of pyridine rings is 1. The van der Waals surface area contributed by atoms with Crippen molar-refractivity contribution in [3.8, 4) is 0 Å². The molecule has 4 rings (SSSR count). The van der Waals surface area contributed by atoms with Gasteiger partial charge in [-0.05, 0) is 35.9 Å². The fourth-order valence-corrected chi connectivity index (χ4v) is 3.38. The molecule has 1 atom stereocenters. The maximum Gasteiger partial charge on any atom is 0.268 e. The lowest BCUT2D eigenvalue weighted by Crippen LogP contribution is -2.45. The van der Waals surface area contributed by atoms with Crippen molar-refractivity contribution in [2.45, 2.75) is 12.5 Å². The average molecular weight is 437 g/mol. The number of halogens is 2. The van der Waals surface area contributed by atoms with E-state index in [1.807, 2.05) is 30.3 Å². The first-order valence-electron chi connectivity index (χ1n) is 9.53. The molecule has 0 radical (unpaired) electrons. The highest BCUT2D eigenvalue weighted by atomic mass is 35.5. The van der Waals surface area contributed by atoms with Gasteiger partial charge in [0.25, 0.3) is 5.91 Å². The Bertz CT molecular complexity index is 1240. The van der Waals surface area contributed by atoms with E-state index in [1.54, 1.807) is 18.2 Å². The van der Waals surface area contributed by atoms with Gasteiger partial charge in [-0.25, -0.2) is 9.37 Å². The molecule has 8 heteroatoms. The van der Waals surface area contributed by atoms with E-state index in [-0.39, 0.29) is 12.1 Å². The number of anilines is 1. The molecule has 0 saturated heterocycles. The molecular weight excluding hydrogens is 419 g/mol. The Morgan fingerprint density at radius 2 is 1.87 bits per heavy atom. The van der Waals surface area contributed by atoms with Gasteiger partial charge < -0.3 is 15.6 Å². The van der Waals surface area contributed by atoms with E-state index in [1.165, 1.54) is 24.4 Å². The van der Waals surface area contributed by atoms with Crippen molar-refractivity contribution in [1.82, 2.24) is 15.3 Å². The van der Waals surface area contributed by atoms with Crippen molar-refractivity contribution < 1.29 is 14.0 Å². The number of hydrogen-bond acceptors (Lipinski definition) is 3. The van der Waals surface area contributed by atoms with Crippen molar-refractivity contribution >= 4 is 40.0 Å². The smallest absolute Gasteiger partial charge is 0.268 e. The Morgan fingerprint density at radius 1 is 1.06 bits per heavy atom. The summed E-state index contributed by atoms with van der Waals surface area (Å²) in [5.41, 5.74) is 2.10. The summed E-state index contributed by atoms with van der Waals surface area (Å²) in [6, 6.07) is 17.3. The lowest BCUT2D eigenvalue weighted by molar-refractivity contribution is -0.118. The van der Waals surface area contributed by atoms with Crippen LogP contribution in [0.4, 0.5) is 10.1 Å². The number of nitrogens with one attached hydrogen (secondary N) is 3. The van der Waals surface area contributed by atoms with Crippen molar-refractivity contribution in [3.05, 3.63) is 95.2 Å². The van der Waals surface area contributed by atoms with Gasteiger partial charge >= 0.3 is 0 Å². The van der Waals surface area contributed by atoms with E-state index < -0.39 is 23.7 Å². The minimum absolute atomic E-state index is 0.265. The third-order valence-electron chi connectivity index (χ3n) is 4.71. The van der Waals surface area contributed by atoms with Crippen molar-refractivity contribution in [3.63, 3.8) is 0 Å². The fourth-order valence-electron chi connectivity index (χ4n) is 3.22. The molecule has 2 aromatic heterocycles. The van der Waals surface area contributed by atoms with E-state index in [2.05, 4.69) is 20.6 Å². The zero-order valence-electron chi connectivity index (χ0n) is 16.2. The maximum atomic E-state index is 13.5. The third-order valence-corrected chi connectivity index (χ3v) is 4.92. The van der Waals surface area contributed by atoms with Gasteiger partial charge in [-0.15, -0.1) is 0 Å². The predicted molar refractivity (Wildman–Crippen MR) is 118 cm³/mol. The second-order valence-corrected chi connectivity index (χ2v) is 7.38. The van der Waals surface area contributed by atoms with Gasteiger partial charge in [0, 0.05) is 17.5 Å². The molecule has 3 N–H and O–H groups in total. The lowest BCUT2D eigenvalue weighted by atomic mass is 10.0. The van der Waals surface area contributed by atoms with Gasteiger partial charge in [0.05, 0.1) is 11.7 Å². The fraction of sp³-hybridized carbons (Fsp3) is 0.0870. The Labute approximate surface area is 182 Å². The normalized spacial score (nSPS) is 11.8. The van der Waals surface area contributed by atoms with Crippen molar-refractivity contribution in [2.75, 3.05) is 5.32 Å². The quantitative estimate of drug-likeness (QED) is 0.393. The minimum atomic E-state index is -0.883. The number of aromatic amines is 1. The Hall–Kier alpha value is -3.71. The van der Waals surface area contributed by atoms with Crippen LogP contribution in [0.2, 0.25) is 5.15 Å². The number of amides is 2. The van der Waals surface area contributed by atoms with E-state index in [9.17, 15) is 14.0 Å². The molecule has 0 unspecified atom stereocenters. The number of carbonyl (C=O) groups excluding carboxylic acids is 2. The van der Waals surface area contributed by atoms with E-state index in [4.69, 9.17) is 11.6 Å². The molecule has 0 aliphatic carbocycles. The number of aromatic nitrogens is 2. The van der Waals surface area contributed by atoms with Crippen LogP contribution >= 0.6 is 11.6 Å². The van der Waals surface area contributed by atoms with Crippen LogP contribution < -0.4 is 10.6 Å². The molecule has 0 aliphatic rings. The summed E-state index contributed by atoms with van der Waals surface area (Å²) in [5, 5.41) is 6.47. The zero-order chi connectivity index (χ0) is 21.8. The lowest BCUT2D eigenvalue weighted by Gasteiger charge is -2.18. The monoisotopic (exact) mass is 436 g/mol. The summed E-state index contributed by atoms with van der Waals surface area (Å²) < 4.78 is 13.5. The molecular formula is C23H18ClFN4O2. The summed E-state index contributed by atoms with van der Waals surface area (Å²) in [4.78, 5) is 32.8. The zero-order valence-corrected chi connectivity index (χ0v) is 17.0. The first-order chi connectivity index (χ1) is 15.0. The molecule has 31 heavy (non-hydrogen) atoms. The molecule has 156 valence electrons. The standard InChI is InChI=1S/C23H18ClFN4O2/c24-21-11-15-10-19(28-20(15)13-26-21)23(31)29-18(9-14-5-2-1-3-6-14)22(30)27-17-8-4-7-16(25)12-17/h1-8,10-13,18,28H,9H2,(H,27,30)(H,29,31)/t18-/m0/s1. The number of fused-ring (bicyclic) bond motifs is 1. The van der Waals surface area contributed by atoms with Crippen LogP contribution in [0.15, 0.2) is 72.9 Å². The van der Waals surface area contributed by atoms with Gasteiger partial charge in [0.1, 0.15) is 22.7 Å². The van der Waals surface area contributed by atoms with Crippen LogP contribution in [0, 0.1) is 5.82 Å². The average Bonchev–Trinajstić information content (AvgIpc) is 3.17. The van der Waals surface area contributed by atoms with Crippen LogP contribution in [0.5, 0.6) is 0 Å². The van der Waals surface area contributed by atoms with Gasteiger partial charge in [-0.2, -0.15) is 0 Å². The highest BCUT2D eigenvalue weighted by Crippen LogP contribution is 2.18. The number of hydrogen-bond donors (Lipinski definition) is 3. The number of carbonyl (C=O) groups is 2. The molecule has 2 heterocycles. The highest BCUT2D eigenvalue weighted by molar-refractivity contribution is 6.30. The summed E-state index contributed by atoms with van der Waals surface area (Å²) in [6.45, 7) is 0. The Kier molecular flexibility index (Phi) is 5.95. The van der Waals surface area contributed by atoms with Crippen LogP contribution in [0.1, 0.15) is 16.1 Å². The molecule has 6 nitrogen and oxygen atoms in total. The largest absolute Gasteiger partial charge is 0.349 e. The Morgan fingerprint density at radius 3 is 2.65 bits per heavy atom. The summed E-state index contributed by atoms with van der Waals surface area (Å²) in [7, 11) is 0. The number of H-pyrrole nitrogens is 1. The molecule has 0 saturated carbocycles. The minimum Gasteiger partial charge on any atom is -0.349 e. The topological polar surface area (TPSA) is 86.9 Å². The molecule has 0 bridgehead atoms. The number of benzene rings is 2. The summed E-state index contributed by atoms with van der Waals surface area (Å²) >= 11 is 5.91. The molecule has 2 amide bonds. The summed E-state index contributed by atoms with van der Waals surface area (Å²) in [5.74, 6) is -1.38. The van der Waals surface area contributed by atoms with Gasteiger partial charge in [0.2, 0.25) is 5.91 Å². The first-order valence-corrected chi connectivity index (χ1v) is 9.91. The number of rotatable bonds is 6. The van der Waals surface area contributed by atoms with Gasteiger partial charge in [0.15, 0.2) is 0 Å². The molecule has 0 fully saturated rings. The molecule has 2 aromatic carbocycles. The SMILES string of the molecule is O=C(N[C@@H](Cc1ccccc1)C(=O)Nc1cccc(F)c1)c1cc2cc(Cl)ncc2[nH]1.